The Hall–Kier alpha value is -1.92. The number of hydrogen-bond donors (Lipinski definition) is 1. The summed E-state index contributed by atoms with van der Waals surface area (Å²) in [7, 11) is -2.07. The molecule has 2 rings (SSSR count). The zero-order valence-electron chi connectivity index (χ0n) is 11.6. The normalized spacial score (nSPS) is 12.9. The van der Waals surface area contributed by atoms with Crippen LogP contribution in [0.25, 0.3) is 0 Å². The van der Waals surface area contributed by atoms with E-state index in [1.54, 1.807) is 12.1 Å². The molecule has 0 unspecified atom stereocenters. The van der Waals surface area contributed by atoms with E-state index in [9.17, 15) is 12.8 Å². The highest BCUT2D eigenvalue weighted by Gasteiger charge is 2.29. The first kappa shape index (κ1) is 15.5. The van der Waals surface area contributed by atoms with Gasteiger partial charge in [-0.2, -0.15) is 0 Å². The number of sulfone groups is 1. The molecule has 0 bridgehead atoms. The average molecular weight is 310 g/mol. The van der Waals surface area contributed by atoms with E-state index in [2.05, 4.69) is 5.73 Å². The molecule has 0 heterocycles. The maximum absolute atomic E-state index is 13.0. The standard InChI is InChI=1S/C15H16FNO3S/c1-20-13-6-8-14(9-7-13)21(18,19)15(10-17)11-2-4-12(16)5-3-11/h2-9,15H,10,17H2,1H3/p+1/t15-/m1/s1. The highest BCUT2D eigenvalue weighted by Crippen LogP contribution is 2.28. The molecule has 6 heteroatoms. The molecule has 2 aromatic carbocycles. The third kappa shape index (κ3) is 3.22. The molecule has 0 spiro atoms. The monoisotopic (exact) mass is 310 g/mol. The quantitative estimate of drug-likeness (QED) is 0.911. The summed E-state index contributed by atoms with van der Waals surface area (Å²) in [5.74, 6) is 0.185. The summed E-state index contributed by atoms with van der Waals surface area (Å²) in [6.45, 7) is 0.167. The van der Waals surface area contributed by atoms with Crippen molar-refractivity contribution < 1.29 is 23.3 Å². The smallest absolute Gasteiger partial charge is 0.190 e. The highest BCUT2D eigenvalue weighted by atomic mass is 32.2. The minimum Gasteiger partial charge on any atom is -0.497 e. The molecule has 0 fully saturated rings. The first-order valence-electron chi connectivity index (χ1n) is 6.41. The molecule has 0 saturated heterocycles. The van der Waals surface area contributed by atoms with Crippen LogP contribution in [0.1, 0.15) is 10.8 Å². The predicted octanol–water partition coefficient (Wildman–Crippen LogP) is 1.59. The van der Waals surface area contributed by atoms with Crippen molar-refractivity contribution in [2.75, 3.05) is 13.7 Å². The minimum atomic E-state index is -3.58. The van der Waals surface area contributed by atoms with Crippen LogP contribution < -0.4 is 10.5 Å². The molecule has 3 N–H and O–H groups in total. The lowest BCUT2D eigenvalue weighted by atomic mass is 10.1. The molecular formula is C15H17FNO3S+. The molecule has 0 aliphatic carbocycles. The van der Waals surface area contributed by atoms with Gasteiger partial charge in [-0.05, 0) is 42.0 Å². The Morgan fingerprint density at radius 2 is 1.67 bits per heavy atom. The Kier molecular flexibility index (Phi) is 4.59. The number of quaternary nitrogens is 1. The van der Waals surface area contributed by atoms with Crippen molar-refractivity contribution in [3.63, 3.8) is 0 Å². The SMILES string of the molecule is COc1ccc(S(=O)(=O)[C@H](C[NH3+])c2ccc(F)cc2)cc1. The fraction of sp³-hybridized carbons (Fsp3) is 0.200. The van der Waals surface area contributed by atoms with Crippen LogP contribution in [0.2, 0.25) is 0 Å². The fourth-order valence-corrected chi connectivity index (χ4v) is 3.78. The van der Waals surface area contributed by atoms with E-state index in [1.165, 1.54) is 43.5 Å². The van der Waals surface area contributed by atoms with Crippen LogP contribution in [0.5, 0.6) is 5.75 Å². The van der Waals surface area contributed by atoms with Crippen LogP contribution in [0.3, 0.4) is 0 Å². The van der Waals surface area contributed by atoms with Gasteiger partial charge in [-0.15, -0.1) is 0 Å². The van der Waals surface area contributed by atoms with Gasteiger partial charge in [-0.25, -0.2) is 12.8 Å². The molecule has 0 aliphatic heterocycles. The third-order valence-corrected chi connectivity index (χ3v) is 5.45. The van der Waals surface area contributed by atoms with Crippen LogP contribution in [0.15, 0.2) is 53.4 Å². The lowest BCUT2D eigenvalue weighted by Crippen LogP contribution is -2.54. The number of rotatable bonds is 5. The Morgan fingerprint density at radius 3 is 2.14 bits per heavy atom. The molecular weight excluding hydrogens is 293 g/mol. The van der Waals surface area contributed by atoms with E-state index in [0.717, 1.165) is 0 Å². The summed E-state index contributed by atoms with van der Waals surface area (Å²) in [5, 5.41) is -0.800. The van der Waals surface area contributed by atoms with Crippen molar-refractivity contribution in [1.29, 1.82) is 0 Å². The van der Waals surface area contributed by atoms with Gasteiger partial charge in [0.2, 0.25) is 0 Å². The summed E-state index contributed by atoms with van der Waals surface area (Å²) in [4.78, 5) is 0.196. The van der Waals surface area contributed by atoms with Crippen LogP contribution in [0.4, 0.5) is 4.39 Å². The fourth-order valence-electron chi connectivity index (χ4n) is 2.11. The average Bonchev–Trinajstić information content (AvgIpc) is 2.50. The summed E-state index contributed by atoms with van der Waals surface area (Å²) in [6.07, 6.45) is 0. The van der Waals surface area contributed by atoms with Crippen LogP contribution in [0, 0.1) is 5.82 Å². The second-order valence-corrected chi connectivity index (χ2v) is 6.68. The third-order valence-electron chi connectivity index (χ3n) is 3.27. The molecule has 1 atom stereocenters. The van der Waals surface area contributed by atoms with Crippen molar-refractivity contribution in [1.82, 2.24) is 0 Å². The maximum atomic E-state index is 13.0. The summed E-state index contributed by atoms with van der Waals surface area (Å²) in [5.41, 5.74) is 4.24. The van der Waals surface area contributed by atoms with Crippen molar-refractivity contribution in [2.24, 2.45) is 0 Å². The van der Waals surface area contributed by atoms with E-state index < -0.39 is 20.9 Å². The number of methoxy groups -OCH3 is 1. The molecule has 2 aromatic rings. The molecule has 0 saturated carbocycles. The largest absolute Gasteiger partial charge is 0.497 e. The number of hydrogen-bond acceptors (Lipinski definition) is 3. The first-order valence-corrected chi connectivity index (χ1v) is 7.96. The zero-order valence-corrected chi connectivity index (χ0v) is 12.4. The van der Waals surface area contributed by atoms with E-state index in [4.69, 9.17) is 4.74 Å². The van der Waals surface area contributed by atoms with Gasteiger partial charge in [0.1, 0.15) is 16.8 Å². The summed E-state index contributed by atoms with van der Waals surface area (Å²) in [6, 6.07) is 11.7. The van der Waals surface area contributed by atoms with E-state index in [-0.39, 0.29) is 11.4 Å². The van der Waals surface area contributed by atoms with Gasteiger partial charge in [-0.3, -0.25) is 0 Å². The van der Waals surface area contributed by atoms with E-state index >= 15 is 0 Å². The van der Waals surface area contributed by atoms with Crippen LogP contribution >= 0.6 is 0 Å². The number of benzene rings is 2. The van der Waals surface area contributed by atoms with E-state index in [1.807, 2.05) is 0 Å². The topological polar surface area (TPSA) is 71.0 Å². The van der Waals surface area contributed by atoms with Crippen LogP contribution in [-0.2, 0) is 9.84 Å². The second kappa shape index (κ2) is 6.24. The van der Waals surface area contributed by atoms with Crippen LogP contribution in [-0.4, -0.2) is 22.1 Å². The molecule has 0 amide bonds. The van der Waals surface area contributed by atoms with Gasteiger partial charge in [0.15, 0.2) is 9.84 Å². The number of ether oxygens (including phenoxy) is 1. The van der Waals surface area contributed by atoms with Gasteiger partial charge in [0.05, 0.1) is 18.6 Å². The van der Waals surface area contributed by atoms with Gasteiger partial charge < -0.3 is 10.5 Å². The lowest BCUT2D eigenvalue weighted by molar-refractivity contribution is -0.367. The van der Waals surface area contributed by atoms with Gasteiger partial charge in [-0.1, -0.05) is 12.1 Å². The molecule has 0 aliphatic rings. The first-order chi connectivity index (χ1) is 9.98. The highest BCUT2D eigenvalue weighted by molar-refractivity contribution is 7.91. The zero-order chi connectivity index (χ0) is 15.5. The van der Waals surface area contributed by atoms with Crippen molar-refractivity contribution in [3.05, 3.63) is 59.9 Å². The summed E-state index contributed by atoms with van der Waals surface area (Å²) >= 11 is 0. The predicted molar refractivity (Wildman–Crippen MR) is 77.1 cm³/mol. The Bertz CT molecular complexity index is 697. The van der Waals surface area contributed by atoms with Gasteiger partial charge >= 0.3 is 0 Å². The lowest BCUT2D eigenvalue weighted by Gasteiger charge is -2.15. The molecule has 21 heavy (non-hydrogen) atoms. The summed E-state index contributed by atoms with van der Waals surface area (Å²) < 4.78 is 43.3. The maximum Gasteiger partial charge on any atom is 0.190 e. The van der Waals surface area contributed by atoms with Gasteiger partial charge in [0.25, 0.3) is 0 Å². The van der Waals surface area contributed by atoms with Crippen molar-refractivity contribution in [2.45, 2.75) is 10.1 Å². The molecule has 0 aromatic heterocycles. The van der Waals surface area contributed by atoms with Crippen molar-refractivity contribution >= 4 is 9.84 Å². The molecule has 0 radical (unpaired) electrons. The Balaban J connectivity index is 2.41. The molecule has 112 valence electrons. The molecule has 4 nitrogen and oxygen atoms in total. The Morgan fingerprint density at radius 1 is 1.10 bits per heavy atom. The van der Waals surface area contributed by atoms with E-state index in [0.29, 0.717) is 11.3 Å². The van der Waals surface area contributed by atoms with Gasteiger partial charge in [0, 0.05) is 0 Å². The second-order valence-electron chi connectivity index (χ2n) is 4.55. The van der Waals surface area contributed by atoms with Crippen molar-refractivity contribution in [3.8, 4) is 5.75 Å². The Labute approximate surface area is 123 Å². The minimum absolute atomic E-state index is 0.167. The number of halogens is 1.